The summed E-state index contributed by atoms with van der Waals surface area (Å²) in [7, 11) is 1.27. The summed E-state index contributed by atoms with van der Waals surface area (Å²) in [4.78, 5) is 24.5. The molecule has 3 aromatic rings. The zero-order valence-corrected chi connectivity index (χ0v) is 15.7. The maximum atomic E-state index is 12.6. The number of rotatable bonds is 5. The second kappa shape index (κ2) is 8.05. The van der Waals surface area contributed by atoms with E-state index < -0.39 is 11.9 Å². The van der Waals surface area contributed by atoms with Crippen LogP contribution in [0.1, 0.15) is 20.7 Å². The summed E-state index contributed by atoms with van der Waals surface area (Å²) >= 11 is 0. The van der Waals surface area contributed by atoms with E-state index in [9.17, 15) is 9.59 Å². The highest BCUT2D eigenvalue weighted by atomic mass is 16.6. The minimum absolute atomic E-state index is 0.200. The van der Waals surface area contributed by atoms with Crippen LogP contribution in [0.25, 0.3) is 0 Å². The van der Waals surface area contributed by atoms with Gasteiger partial charge in [0, 0.05) is 6.20 Å². The molecule has 1 aliphatic heterocycles. The monoisotopic (exact) mass is 393 g/mol. The van der Waals surface area contributed by atoms with Crippen LogP contribution < -0.4 is 14.8 Å². The fourth-order valence-electron chi connectivity index (χ4n) is 3.06. The fourth-order valence-corrected chi connectivity index (χ4v) is 3.06. The number of hydrogen-bond donors (Lipinski definition) is 1. The van der Waals surface area contributed by atoms with E-state index in [2.05, 4.69) is 10.4 Å². The van der Waals surface area contributed by atoms with Gasteiger partial charge in [0.05, 0.1) is 36.7 Å². The predicted octanol–water partition coefficient (Wildman–Crippen LogP) is 2.76. The van der Waals surface area contributed by atoms with Crippen molar-refractivity contribution in [1.29, 1.82) is 0 Å². The standard InChI is InChI=1S/C21H19N3O5/c1-27-21(26)17-7-3-2-6-16(17)20(25)23-14-10-22-24(11-14)12-15-13-28-18-8-4-5-9-19(18)29-15/h2-11,15H,12-13H2,1H3,(H,23,25). The van der Waals surface area contributed by atoms with Crippen LogP contribution in [0.15, 0.2) is 60.9 Å². The van der Waals surface area contributed by atoms with Crippen molar-refractivity contribution in [2.45, 2.75) is 12.6 Å². The van der Waals surface area contributed by atoms with Gasteiger partial charge in [-0.15, -0.1) is 0 Å². The fraction of sp³-hybridized carbons (Fsp3) is 0.190. The lowest BCUT2D eigenvalue weighted by atomic mass is 10.1. The number of ether oxygens (including phenoxy) is 3. The van der Waals surface area contributed by atoms with Crippen LogP contribution in [0.3, 0.4) is 0 Å². The SMILES string of the molecule is COC(=O)c1ccccc1C(=O)Nc1cnn(CC2COc3ccccc3O2)c1. The van der Waals surface area contributed by atoms with Crippen LogP contribution in [0, 0.1) is 0 Å². The number of carbonyl (C=O) groups excluding carboxylic acids is 2. The third-order valence-corrected chi connectivity index (χ3v) is 4.43. The largest absolute Gasteiger partial charge is 0.486 e. The quantitative estimate of drug-likeness (QED) is 0.670. The number of methoxy groups -OCH3 is 1. The molecule has 1 amide bonds. The summed E-state index contributed by atoms with van der Waals surface area (Å²) in [6.07, 6.45) is 3.03. The summed E-state index contributed by atoms with van der Waals surface area (Å²) in [6, 6.07) is 14.0. The Labute approximate surface area is 167 Å². The average molecular weight is 393 g/mol. The predicted molar refractivity (Wildman–Crippen MR) is 104 cm³/mol. The molecule has 29 heavy (non-hydrogen) atoms. The first-order valence-electron chi connectivity index (χ1n) is 9.03. The van der Waals surface area contributed by atoms with Gasteiger partial charge >= 0.3 is 5.97 Å². The molecule has 1 N–H and O–H groups in total. The molecule has 1 aliphatic rings. The van der Waals surface area contributed by atoms with E-state index in [1.807, 2.05) is 24.3 Å². The van der Waals surface area contributed by atoms with Crippen LogP contribution in [0.4, 0.5) is 5.69 Å². The number of hydrogen-bond acceptors (Lipinski definition) is 6. The number of amides is 1. The normalized spacial score (nSPS) is 14.9. The number of esters is 1. The lowest BCUT2D eigenvalue weighted by Gasteiger charge is -2.26. The van der Waals surface area contributed by atoms with Crippen molar-refractivity contribution in [3.05, 3.63) is 72.1 Å². The van der Waals surface area contributed by atoms with Crippen molar-refractivity contribution >= 4 is 17.6 Å². The molecule has 0 saturated heterocycles. The van der Waals surface area contributed by atoms with E-state index in [0.29, 0.717) is 24.6 Å². The minimum atomic E-state index is -0.568. The molecule has 1 aromatic heterocycles. The van der Waals surface area contributed by atoms with Gasteiger partial charge in [-0.1, -0.05) is 24.3 Å². The highest BCUT2D eigenvalue weighted by Crippen LogP contribution is 2.31. The van der Waals surface area contributed by atoms with E-state index in [-0.39, 0.29) is 17.2 Å². The van der Waals surface area contributed by atoms with E-state index >= 15 is 0 Å². The van der Waals surface area contributed by atoms with Gasteiger partial charge < -0.3 is 19.5 Å². The molecule has 0 radical (unpaired) electrons. The summed E-state index contributed by atoms with van der Waals surface area (Å²) in [5.74, 6) is 0.434. The smallest absolute Gasteiger partial charge is 0.338 e. The number of para-hydroxylation sites is 2. The van der Waals surface area contributed by atoms with E-state index in [1.54, 1.807) is 35.1 Å². The van der Waals surface area contributed by atoms with Crippen LogP contribution in [-0.4, -0.2) is 41.5 Å². The maximum absolute atomic E-state index is 12.6. The average Bonchev–Trinajstić information content (AvgIpc) is 3.19. The summed E-state index contributed by atoms with van der Waals surface area (Å²) in [5, 5.41) is 7.01. The number of carbonyl (C=O) groups is 2. The molecular formula is C21H19N3O5. The molecule has 1 atom stereocenters. The van der Waals surface area contributed by atoms with Crippen molar-refractivity contribution < 1.29 is 23.8 Å². The van der Waals surface area contributed by atoms with Gasteiger partial charge in [0.1, 0.15) is 6.61 Å². The Bertz CT molecular complexity index is 1050. The van der Waals surface area contributed by atoms with Crippen LogP contribution >= 0.6 is 0 Å². The van der Waals surface area contributed by atoms with Crippen molar-refractivity contribution in [3.63, 3.8) is 0 Å². The topological polar surface area (TPSA) is 91.7 Å². The Morgan fingerprint density at radius 3 is 2.66 bits per heavy atom. The lowest BCUT2D eigenvalue weighted by Crippen LogP contribution is -2.33. The van der Waals surface area contributed by atoms with Gasteiger partial charge in [-0.25, -0.2) is 4.79 Å². The second-order valence-electron chi connectivity index (χ2n) is 6.44. The zero-order chi connectivity index (χ0) is 20.2. The van der Waals surface area contributed by atoms with Gasteiger partial charge in [-0.05, 0) is 24.3 Å². The molecule has 0 spiro atoms. The van der Waals surface area contributed by atoms with Gasteiger partial charge in [0.25, 0.3) is 5.91 Å². The molecule has 8 nitrogen and oxygen atoms in total. The van der Waals surface area contributed by atoms with Crippen molar-refractivity contribution in [2.75, 3.05) is 19.0 Å². The molecule has 1 unspecified atom stereocenters. The highest BCUT2D eigenvalue weighted by Gasteiger charge is 2.22. The first kappa shape index (κ1) is 18.5. The number of aromatic nitrogens is 2. The molecule has 2 aromatic carbocycles. The third-order valence-electron chi connectivity index (χ3n) is 4.43. The third kappa shape index (κ3) is 4.06. The number of anilines is 1. The Morgan fingerprint density at radius 2 is 1.86 bits per heavy atom. The van der Waals surface area contributed by atoms with E-state index in [4.69, 9.17) is 14.2 Å². The van der Waals surface area contributed by atoms with Crippen molar-refractivity contribution in [3.8, 4) is 11.5 Å². The number of nitrogens with zero attached hydrogens (tertiary/aromatic N) is 2. The van der Waals surface area contributed by atoms with Crippen LogP contribution in [-0.2, 0) is 11.3 Å². The molecule has 2 heterocycles. The lowest BCUT2D eigenvalue weighted by molar-refractivity contribution is 0.0597. The number of fused-ring (bicyclic) bond motifs is 1. The Balaban J connectivity index is 1.41. The van der Waals surface area contributed by atoms with Gasteiger partial charge in [-0.3, -0.25) is 9.48 Å². The summed E-state index contributed by atoms with van der Waals surface area (Å²) in [6.45, 7) is 0.869. The van der Waals surface area contributed by atoms with Crippen LogP contribution in [0.2, 0.25) is 0 Å². The molecule has 0 saturated carbocycles. The van der Waals surface area contributed by atoms with Gasteiger partial charge in [0.2, 0.25) is 0 Å². The summed E-state index contributed by atoms with van der Waals surface area (Å²) < 4.78 is 18.0. The van der Waals surface area contributed by atoms with Gasteiger partial charge in [0.15, 0.2) is 17.6 Å². The van der Waals surface area contributed by atoms with Crippen molar-refractivity contribution in [1.82, 2.24) is 9.78 Å². The van der Waals surface area contributed by atoms with E-state index in [1.165, 1.54) is 13.3 Å². The highest BCUT2D eigenvalue weighted by molar-refractivity contribution is 6.10. The molecule has 4 rings (SSSR count). The molecule has 0 fully saturated rings. The second-order valence-corrected chi connectivity index (χ2v) is 6.44. The van der Waals surface area contributed by atoms with Gasteiger partial charge in [-0.2, -0.15) is 5.10 Å². The number of nitrogens with one attached hydrogen (secondary N) is 1. The summed E-state index contributed by atoms with van der Waals surface area (Å²) in [5.41, 5.74) is 0.936. The Kier molecular flexibility index (Phi) is 5.15. The molecule has 0 aliphatic carbocycles. The first-order chi connectivity index (χ1) is 14.1. The maximum Gasteiger partial charge on any atom is 0.338 e. The molecule has 148 valence electrons. The van der Waals surface area contributed by atoms with Crippen LogP contribution in [0.5, 0.6) is 11.5 Å². The minimum Gasteiger partial charge on any atom is -0.486 e. The van der Waals surface area contributed by atoms with Crippen molar-refractivity contribution in [2.24, 2.45) is 0 Å². The number of benzene rings is 2. The zero-order valence-electron chi connectivity index (χ0n) is 15.7. The Hall–Kier alpha value is -3.81. The molecule has 0 bridgehead atoms. The Morgan fingerprint density at radius 1 is 1.14 bits per heavy atom. The molecule has 8 heteroatoms. The first-order valence-corrected chi connectivity index (χ1v) is 9.03. The molecular weight excluding hydrogens is 374 g/mol. The van der Waals surface area contributed by atoms with E-state index in [0.717, 1.165) is 5.75 Å².